The van der Waals surface area contributed by atoms with Crippen molar-refractivity contribution in [1.82, 2.24) is 0 Å². The van der Waals surface area contributed by atoms with Crippen molar-refractivity contribution in [1.29, 1.82) is 0 Å². The molecule has 0 fully saturated rings. The second-order valence-corrected chi connectivity index (χ2v) is 7.82. The van der Waals surface area contributed by atoms with Gasteiger partial charge in [0.25, 0.3) is 0 Å². The van der Waals surface area contributed by atoms with Gasteiger partial charge < -0.3 is 4.74 Å². The summed E-state index contributed by atoms with van der Waals surface area (Å²) < 4.78 is 6.49. The van der Waals surface area contributed by atoms with E-state index in [1.807, 2.05) is 66.9 Å². The van der Waals surface area contributed by atoms with Crippen LogP contribution in [0, 0.1) is 6.92 Å². The predicted octanol–water partition coefficient (Wildman–Crippen LogP) is 7.03. The first kappa shape index (κ1) is 19.8. The number of rotatable bonds is 5. The summed E-state index contributed by atoms with van der Waals surface area (Å²) in [6.07, 6.45) is 1.91. The molecule has 3 nitrogen and oxygen atoms in total. The number of hydrogen-bond donors (Lipinski definition) is 1. The van der Waals surface area contributed by atoms with Crippen LogP contribution >= 0.6 is 0 Å². The van der Waals surface area contributed by atoms with Crippen LogP contribution in [0.5, 0.6) is 5.75 Å². The largest absolute Gasteiger partial charge is 0.456 e. The minimum atomic E-state index is 0.0117. The molecule has 32 heavy (non-hydrogen) atoms. The Balaban J connectivity index is 1.68. The van der Waals surface area contributed by atoms with Crippen molar-refractivity contribution < 1.29 is 4.74 Å². The van der Waals surface area contributed by atoms with Gasteiger partial charge in [-0.3, -0.25) is 5.43 Å². The molecule has 0 radical (unpaired) electrons. The Morgan fingerprint density at radius 2 is 1.34 bits per heavy atom. The lowest BCUT2D eigenvalue weighted by atomic mass is 9.80. The summed E-state index contributed by atoms with van der Waals surface area (Å²) in [6.45, 7) is 2.16. The van der Waals surface area contributed by atoms with E-state index in [1.54, 1.807) is 0 Å². The summed E-state index contributed by atoms with van der Waals surface area (Å²) in [5.41, 5.74) is 9.77. The number of para-hydroxylation sites is 2. The maximum absolute atomic E-state index is 6.49. The van der Waals surface area contributed by atoms with Crippen LogP contribution in [-0.4, -0.2) is 6.21 Å². The molecule has 0 bridgehead atoms. The third kappa shape index (κ3) is 3.93. The van der Waals surface area contributed by atoms with Gasteiger partial charge in [0, 0.05) is 22.6 Å². The fourth-order valence-corrected chi connectivity index (χ4v) is 4.16. The van der Waals surface area contributed by atoms with Gasteiger partial charge >= 0.3 is 0 Å². The molecule has 1 N–H and O–H groups in total. The van der Waals surface area contributed by atoms with Crippen molar-refractivity contribution in [3.8, 4) is 5.75 Å². The molecule has 3 heteroatoms. The lowest BCUT2D eigenvalue weighted by molar-refractivity contribution is 0.489. The summed E-state index contributed by atoms with van der Waals surface area (Å²) in [5, 5.41) is 4.61. The van der Waals surface area contributed by atoms with Crippen LogP contribution in [0.4, 0.5) is 5.69 Å². The minimum Gasteiger partial charge on any atom is -0.456 e. The molecule has 1 aliphatic heterocycles. The lowest BCUT2D eigenvalue weighted by Gasteiger charge is -2.30. The zero-order valence-electron chi connectivity index (χ0n) is 17.9. The second kappa shape index (κ2) is 8.94. The van der Waals surface area contributed by atoms with Crippen LogP contribution in [0.1, 0.15) is 28.2 Å². The van der Waals surface area contributed by atoms with E-state index in [0.29, 0.717) is 0 Å². The number of benzene rings is 4. The standard InChI is InChI=1S/C29H24N2O/c1-21-12-8-9-17-24(21)28-25-18-10-11-19-27(25)32-29(22-13-4-2-5-14-22)26(28)20-30-31-23-15-6-3-7-16-23/h2-20,28,31H,1H3/b30-20-/t28-/m1/s1. The van der Waals surface area contributed by atoms with Crippen LogP contribution in [0.3, 0.4) is 0 Å². The normalized spacial score (nSPS) is 15.3. The molecular formula is C29H24N2O. The molecule has 1 heterocycles. The first-order valence-electron chi connectivity index (χ1n) is 10.8. The Bertz CT molecular complexity index is 1280. The number of fused-ring (bicyclic) bond motifs is 1. The average molecular weight is 417 g/mol. The molecule has 0 aromatic heterocycles. The number of allylic oxidation sites excluding steroid dienone is 1. The number of anilines is 1. The molecule has 0 spiro atoms. The van der Waals surface area contributed by atoms with Crippen LogP contribution < -0.4 is 10.2 Å². The fourth-order valence-electron chi connectivity index (χ4n) is 4.16. The topological polar surface area (TPSA) is 33.6 Å². The zero-order chi connectivity index (χ0) is 21.8. The van der Waals surface area contributed by atoms with Gasteiger partial charge in [0.05, 0.1) is 11.9 Å². The monoisotopic (exact) mass is 416 g/mol. The van der Waals surface area contributed by atoms with Gasteiger partial charge in [-0.1, -0.05) is 91.0 Å². The number of nitrogens with zero attached hydrogens (tertiary/aromatic N) is 1. The van der Waals surface area contributed by atoms with Gasteiger partial charge in [0.15, 0.2) is 0 Å². The Hall–Kier alpha value is -4.11. The summed E-state index contributed by atoms with van der Waals surface area (Å²) in [6, 6.07) is 37.0. The average Bonchev–Trinajstić information content (AvgIpc) is 2.85. The molecule has 5 rings (SSSR count). The molecule has 4 aromatic rings. The van der Waals surface area contributed by atoms with E-state index in [9.17, 15) is 0 Å². The number of ether oxygens (including phenoxy) is 1. The van der Waals surface area contributed by atoms with Crippen molar-refractivity contribution in [3.05, 3.63) is 137 Å². The van der Waals surface area contributed by atoms with Gasteiger partial charge in [0.1, 0.15) is 11.5 Å². The highest BCUT2D eigenvalue weighted by atomic mass is 16.5. The van der Waals surface area contributed by atoms with Crippen molar-refractivity contribution in [2.75, 3.05) is 5.43 Å². The Morgan fingerprint density at radius 3 is 2.09 bits per heavy atom. The number of nitrogens with one attached hydrogen (secondary N) is 1. The van der Waals surface area contributed by atoms with Crippen molar-refractivity contribution in [3.63, 3.8) is 0 Å². The molecule has 156 valence electrons. The van der Waals surface area contributed by atoms with E-state index in [0.717, 1.165) is 33.9 Å². The van der Waals surface area contributed by atoms with Gasteiger partial charge in [-0.2, -0.15) is 5.10 Å². The zero-order valence-corrected chi connectivity index (χ0v) is 17.9. The van der Waals surface area contributed by atoms with Crippen LogP contribution in [0.15, 0.2) is 120 Å². The summed E-state index contributed by atoms with van der Waals surface area (Å²) in [4.78, 5) is 0. The Labute approximate surface area is 188 Å². The van der Waals surface area contributed by atoms with E-state index in [4.69, 9.17) is 4.74 Å². The van der Waals surface area contributed by atoms with Crippen LogP contribution in [0.25, 0.3) is 5.76 Å². The smallest absolute Gasteiger partial charge is 0.140 e. The molecule has 4 aromatic carbocycles. The first-order valence-corrected chi connectivity index (χ1v) is 10.8. The quantitative estimate of drug-likeness (QED) is 0.280. The van der Waals surface area contributed by atoms with E-state index in [1.165, 1.54) is 11.1 Å². The van der Waals surface area contributed by atoms with Crippen molar-refractivity contribution >= 4 is 17.7 Å². The maximum Gasteiger partial charge on any atom is 0.140 e. The van der Waals surface area contributed by atoms with E-state index < -0.39 is 0 Å². The number of hydrazone groups is 1. The van der Waals surface area contributed by atoms with Gasteiger partial charge in [0.2, 0.25) is 0 Å². The summed E-state index contributed by atoms with van der Waals surface area (Å²) in [5.74, 6) is 1.72. The summed E-state index contributed by atoms with van der Waals surface area (Å²) in [7, 11) is 0. The third-order valence-electron chi connectivity index (χ3n) is 5.72. The molecule has 0 amide bonds. The number of aryl methyl sites for hydroxylation is 1. The predicted molar refractivity (Wildman–Crippen MR) is 132 cm³/mol. The number of hydrogen-bond acceptors (Lipinski definition) is 3. The Kier molecular flexibility index (Phi) is 5.54. The van der Waals surface area contributed by atoms with Crippen molar-refractivity contribution in [2.45, 2.75) is 12.8 Å². The van der Waals surface area contributed by atoms with Crippen LogP contribution in [-0.2, 0) is 0 Å². The highest BCUT2D eigenvalue weighted by molar-refractivity contribution is 5.94. The molecular weight excluding hydrogens is 392 g/mol. The van der Waals surface area contributed by atoms with E-state index in [2.05, 4.69) is 66.0 Å². The first-order chi connectivity index (χ1) is 15.8. The maximum atomic E-state index is 6.49. The Morgan fingerprint density at radius 1 is 0.719 bits per heavy atom. The van der Waals surface area contributed by atoms with Gasteiger partial charge in [-0.15, -0.1) is 0 Å². The molecule has 0 aliphatic carbocycles. The molecule has 1 atom stereocenters. The third-order valence-corrected chi connectivity index (χ3v) is 5.72. The van der Waals surface area contributed by atoms with Gasteiger partial charge in [-0.25, -0.2) is 0 Å². The van der Waals surface area contributed by atoms with Crippen LogP contribution in [0.2, 0.25) is 0 Å². The minimum absolute atomic E-state index is 0.0117. The molecule has 0 saturated carbocycles. The molecule has 1 aliphatic rings. The molecule has 0 saturated heterocycles. The highest BCUT2D eigenvalue weighted by Crippen LogP contribution is 2.45. The highest BCUT2D eigenvalue weighted by Gasteiger charge is 2.31. The molecule has 0 unspecified atom stereocenters. The fraction of sp³-hybridized carbons (Fsp3) is 0.0690. The van der Waals surface area contributed by atoms with E-state index in [-0.39, 0.29) is 5.92 Å². The van der Waals surface area contributed by atoms with Crippen molar-refractivity contribution in [2.24, 2.45) is 5.10 Å². The summed E-state index contributed by atoms with van der Waals surface area (Å²) >= 11 is 0. The lowest BCUT2D eigenvalue weighted by Crippen LogP contribution is -2.18. The van der Waals surface area contributed by atoms with E-state index >= 15 is 0 Å². The second-order valence-electron chi connectivity index (χ2n) is 7.82. The van der Waals surface area contributed by atoms with Gasteiger partial charge in [-0.05, 0) is 36.2 Å². The SMILES string of the molecule is Cc1ccccc1[C@H]1C(/C=N\Nc2ccccc2)=C(c2ccccc2)Oc2ccccc21.